The van der Waals surface area contributed by atoms with Gasteiger partial charge in [-0.15, -0.1) is 0 Å². The molecule has 4 rings (SSSR count). The first kappa shape index (κ1) is 14.0. The molecule has 2 saturated heterocycles. The summed E-state index contributed by atoms with van der Waals surface area (Å²) in [5.74, 6) is 0.871. The SMILES string of the molecule is c1ccc(C(c2ccccc2)N2CC[C@H]3CCNC[C@@H]32)cc1. The summed E-state index contributed by atoms with van der Waals surface area (Å²) < 4.78 is 0. The van der Waals surface area contributed by atoms with E-state index in [1.54, 1.807) is 0 Å². The van der Waals surface area contributed by atoms with Crippen LogP contribution in [0.15, 0.2) is 60.7 Å². The number of nitrogens with zero attached hydrogens (tertiary/aromatic N) is 1. The van der Waals surface area contributed by atoms with Gasteiger partial charge in [0.15, 0.2) is 0 Å². The van der Waals surface area contributed by atoms with Crippen molar-refractivity contribution in [3.8, 4) is 0 Å². The monoisotopic (exact) mass is 292 g/mol. The summed E-state index contributed by atoms with van der Waals surface area (Å²) in [5.41, 5.74) is 2.83. The summed E-state index contributed by atoms with van der Waals surface area (Å²) in [6, 6.07) is 23.1. The van der Waals surface area contributed by atoms with Gasteiger partial charge < -0.3 is 5.32 Å². The average molecular weight is 292 g/mol. The van der Waals surface area contributed by atoms with Crippen LogP contribution in [0.2, 0.25) is 0 Å². The van der Waals surface area contributed by atoms with Crippen LogP contribution < -0.4 is 5.32 Å². The first-order valence-electron chi connectivity index (χ1n) is 8.50. The zero-order valence-corrected chi connectivity index (χ0v) is 13.0. The predicted molar refractivity (Wildman–Crippen MR) is 90.8 cm³/mol. The summed E-state index contributed by atoms with van der Waals surface area (Å²) in [6.07, 6.45) is 2.68. The third-order valence-electron chi connectivity index (χ3n) is 5.34. The van der Waals surface area contributed by atoms with Gasteiger partial charge in [-0.05, 0) is 43.0 Å². The zero-order chi connectivity index (χ0) is 14.8. The highest BCUT2D eigenvalue weighted by atomic mass is 15.2. The van der Waals surface area contributed by atoms with Gasteiger partial charge in [0, 0.05) is 12.6 Å². The second-order valence-corrected chi connectivity index (χ2v) is 6.57. The molecule has 2 heterocycles. The third-order valence-corrected chi connectivity index (χ3v) is 5.34. The van der Waals surface area contributed by atoms with Gasteiger partial charge in [0.25, 0.3) is 0 Å². The number of rotatable bonds is 3. The maximum Gasteiger partial charge on any atom is 0.0604 e. The van der Waals surface area contributed by atoms with Crippen LogP contribution in [0.5, 0.6) is 0 Å². The normalized spacial score (nSPS) is 25.3. The van der Waals surface area contributed by atoms with Gasteiger partial charge in [-0.3, -0.25) is 4.90 Å². The molecule has 0 saturated carbocycles. The van der Waals surface area contributed by atoms with Crippen molar-refractivity contribution in [2.75, 3.05) is 19.6 Å². The smallest absolute Gasteiger partial charge is 0.0604 e. The molecule has 2 aliphatic heterocycles. The fourth-order valence-electron chi connectivity index (χ4n) is 4.27. The molecule has 0 radical (unpaired) electrons. The van der Waals surface area contributed by atoms with E-state index in [9.17, 15) is 0 Å². The maximum atomic E-state index is 3.60. The molecule has 0 aromatic heterocycles. The highest BCUT2D eigenvalue weighted by molar-refractivity contribution is 5.32. The number of benzene rings is 2. The van der Waals surface area contributed by atoms with Gasteiger partial charge in [0.2, 0.25) is 0 Å². The highest BCUT2D eigenvalue weighted by Gasteiger charge is 2.39. The molecular formula is C20H24N2. The molecule has 2 heteroatoms. The lowest BCUT2D eigenvalue weighted by atomic mass is 9.91. The molecular weight excluding hydrogens is 268 g/mol. The van der Waals surface area contributed by atoms with Crippen LogP contribution in [0.3, 0.4) is 0 Å². The van der Waals surface area contributed by atoms with Crippen molar-refractivity contribution in [2.45, 2.75) is 24.9 Å². The van der Waals surface area contributed by atoms with Crippen molar-refractivity contribution in [1.82, 2.24) is 10.2 Å². The van der Waals surface area contributed by atoms with Crippen LogP contribution >= 0.6 is 0 Å². The number of likely N-dealkylation sites (tertiary alicyclic amines) is 1. The van der Waals surface area contributed by atoms with Gasteiger partial charge >= 0.3 is 0 Å². The Morgan fingerprint density at radius 1 is 0.864 bits per heavy atom. The van der Waals surface area contributed by atoms with Gasteiger partial charge in [-0.25, -0.2) is 0 Å². The molecule has 0 spiro atoms. The molecule has 2 nitrogen and oxygen atoms in total. The number of piperidine rings is 1. The van der Waals surface area contributed by atoms with Crippen molar-refractivity contribution < 1.29 is 0 Å². The minimum Gasteiger partial charge on any atom is -0.315 e. The van der Waals surface area contributed by atoms with Crippen molar-refractivity contribution in [3.63, 3.8) is 0 Å². The lowest BCUT2D eigenvalue weighted by molar-refractivity contribution is 0.161. The Bertz CT molecular complexity index is 556. The summed E-state index contributed by atoms with van der Waals surface area (Å²) in [4.78, 5) is 2.74. The third kappa shape index (κ3) is 2.57. The second kappa shape index (κ2) is 6.23. The molecule has 0 bridgehead atoms. The van der Waals surface area contributed by atoms with Crippen LogP contribution in [-0.2, 0) is 0 Å². The lowest BCUT2D eigenvalue weighted by Gasteiger charge is -2.38. The fraction of sp³-hybridized carbons (Fsp3) is 0.400. The van der Waals surface area contributed by atoms with E-state index in [-0.39, 0.29) is 0 Å². The fourth-order valence-corrected chi connectivity index (χ4v) is 4.27. The summed E-state index contributed by atoms with van der Waals surface area (Å²) in [5, 5.41) is 3.60. The number of hydrogen-bond acceptors (Lipinski definition) is 2. The summed E-state index contributed by atoms with van der Waals surface area (Å²) in [6.45, 7) is 3.54. The topological polar surface area (TPSA) is 15.3 Å². The Balaban J connectivity index is 1.72. The van der Waals surface area contributed by atoms with Crippen molar-refractivity contribution in [1.29, 1.82) is 0 Å². The van der Waals surface area contributed by atoms with Crippen molar-refractivity contribution in [2.24, 2.45) is 5.92 Å². The molecule has 2 atom stereocenters. The first-order chi connectivity index (χ1) is 10.9. The molecule has 0 aliphatic carbocycles. The summed E-state index contributed by atoms with van der Waals surface area (Å²) in [7, 11) is 0. The van der Waals surface area contributed by atoms with Crippen LogP contribution in [0.1, 0.15) is 30.0 Å². The van der Waals surface area contributed by atoms with E-state index in [0.29, 0.717) is 12.1 Å². The Hall–Kier alpha value is -1.64. The average Bonchev–Trinajstić information content (AvgIpc) is 3.01. The zero-order valence-electron chi connectivity index (χ0n) is 13.0. The molecule has 22 heavy (non-hydrogen) atoms. The van der Waals surface area contributed by atoms with Gasteiger partial charge in [0.05, 0.1) is 6.04 Å². The maximum absolute atomic E-state index is 3.60. The summed E-state index contributed by atoms with van der Waals surface area (Å²) >= 11 is 0. The van der Waals surface area contributed by atoms with E-state index in [1.165, 1.54) is 37.1 Å². The minimum absolute atomic E-state index is 0.386. The molecule has 2 aromatic carbocycles. The van der Waals surface area contributed by atoms with E-state index >= 15 is 0 Å². The van der Waals surface area contributed by atoms with Crippen LogP contribution in [-0.4, -0.2) is 30.6 Å². The standard InChI is InChI=1S/C20H24N2/c1-3-7-17(8-4-1)20(18-9-5-2-6-10-18)22-14-12-16-11-13-21-15-19(16)22/h1-10,16,19-21H,11-15H2/t16-,19+/m1/s1. The van der Waals surface area contributed by atoms with Crippen LogP contribution in [0.4, 0.5) is 0 Å². The minimum atomic E-state index is 0.386. The van der Waals surface area contributed by atoms with Gasteiger partial charge in [-0.1, -0.05) is 60.7 Å². The lowest BCUT2D eigenvalue weighted by Crippen LogP contribution is -2.47. The van der Waals surface area contributed by atoms with E-state index in [1.807, 2.05) is 0 Å². The largest absolute Gasteiger partial charge is 0.315 e. The van der Waals surface area contributed by atoms with Crippen molar-refractivity contribution in [3.05, 3.63) is 71.8 Å². The van der Waals surface area contributed by atoms with Crippen LogP contribution in [0.25, 0.3) is 0 Å². The Labute approximate surface area is 133 Å². The van der Waals surface area contributed by atoms with E-state index < -0.39 is 0 Å². The molecule has 0 amide bonds. The Morgan fingerprint density at radius 2 is 1.50 bits per heavy atom. The molecule has 114 valence electrons. The second-order valence-electron chi connectivity index (χ2n) is 6.57. The molecule has 2 aromatic rings. The Kier molecular flexibility index (Phi) is 3.96. The van der Waals surface area contributed by atoms with E-state index in [4.69, 9.17) is 0 Å². The van der Waals surface area contributed by atoms with E-state index in [2.05, 4.69) is 70.9 Å². The number of fused-ring (bicyclic) bond motifs is 1. The molecule has 2 fully saturated rings. The molecule has 0 unspecified atom stereocenters. The number of hydrogen-bond donors (Lipinski definition) is 1. The molecule has 2 aliphatic rings. The highest BCUT2D eigenvalue weighted by Crippen LogP contribution is 2.38. The quantitative estimate of drug-likeness (QED) is 0.932. The Morgan fingerprint density at radius 3 is 2.14 bits per heavy atom. The van der Waals surface area contributed by atoms with E-state index in [0.717, 1.165) is 12.5 Å². The predicted octanol–water partition coefficient (Wildman–Crippen LogP) is 3.46. The van der Waals surface area contributed by atoms with Crippen molar-refractivity contribution >= 4 is 0 Å². The van der Waals surface area contributed by atoms with Crippen LogP contribution in [0, 0.1) is 5.92 Å². The van der Waals surface area contributed by atoms with Gasteiger partial charge in [-0.2, -0.15) is 0 Å². The first-order valence-corrected chi connectivity index (χ1v) is 8.50. The van der Waals surface area contributed by atoms with Gasteiger partial charge in [0.1, 0.15) is 0 Å². The number of nitrogens with one attached hydrogen (secondary N) is 1. The molecule has 1 N–H and O–H groups in total.